The largest absolute Gasteiger partial charge is 0.310 e. The fourth-order valence-corrected chi connectivity index (χ4v) is 1.52. The summed E-state index contributed by atoms with van der Waals surface area (Å²) in [6, 6.07) is 0. The van der Waals surface area contributed by atoms with E-state index in [4.69, 9.17) is 12.2 Å². The van der Waals surface area contributed by atoms with E-state index >= 15 is 0 Å². The molecule has 4 nitrogen and oxygen atoms in total. The molecule has 0 bridgehead atoms. The van der Waals surface area contributed by atoms with Crippen LogP contribution in [-0.2, 0) is 13.3 Å². The number of rotatable bonds is 4. The van der Waals surface area contributed by atoms with Crippen LogP contribution < -0.4 is 0 Å². The van der Waals surface area contributed by atoms with Crippen LogP contribution in [0.4, 0.5) is 0 Å². The molecule has 0 saturated carbocycles. The highest BCUT2D eigenvalue weighted by atomic mass is 32.1. The van der Waals surface area contributed by atoms with E-state index in [1.807, 2.05) is 40.6 Å². The van der Waals surface area contributed by atoms with Gasteiger partial charge in [0.2, 0.25) is 0 Å². The lowest BCUT2D eigenvalue weighted by Gasteiger charge is -2.12. The average Bonchev–Trinajstić information content (AvgIpc) is 2.34. The van der Waals surface area contributed by atoms with Crippen LogP contribution in [0.15, 0.2) is 12.4 Å². The lowest BCUT2D eigenvalue weighted by molar-refractivity contribution is 0.305. The Bertz CT molecular complexity index is 306. The van der Waals surface area contributed by atoms with Gasteiger partial charge in [-0.2, -0.15) is 0 Å². The predicted octanol–water partition coefficient (Wildman–Crippen LogP) is 1.06. The summed E-state index contributed by atoms with van der Waals surface area (Å²) >= 11 is 5.33. The Labute approximate surface area is 90.3 Å². The summed E-state index contributed by atoms with van der Waals surface area (Å²) in [7, 11) is 8.13. The topological polar surface area (TPSA) is 16.3 Å². The van der Waals surface area contributed by atoms with Gasteiger partial charge in [-0.15, -0.1) is 0 Å². The summed E-state index contributed by atoms with van der Waals surface area (Å²) in [4.78, 5) is 4.19. The highest BCUT2D eigenvalue weighted by Gasteiger charge is 2.00. The molecule has 0 aliphatic rings. The van der Waals surface area contributed by atoms with Crippen molar-refractivity contribution in [2.75, 3.05) is 28.2 Å². The maximum atomic E-state index is 5.33. The minimum Gasteiger partial charge on any atom is -0.310 e. The zero-order valence-corrected chi connectivity index (χ0v) is 10.1. The minimum absolute atomic E-state index is 0.833. The summed E-state index contributed by atoms with van der Waals surface area (Å²) in [6.45, 7) is 1.67. The van der Waals surface area contributed by atoms with Crippen LogP contribution in [0.2, 0.25) is 0 Å². The van der Waals surface area contributed by atoms with E-state index in [0.29, 0.717) is 0 Å². The SMILES string of the molecule is CN(C)Cn1ccn(CN(C)C)c1=S. The second-order valence-corrected chi connectivity index (χ2v) is 4.33. The fraction of sp³-hybridized carbons (Fsp3) is 0.667. The van der Waals surface area contributed by atoms with Gasteiger partial charge >= 0.3 is 0 Å². The van der Waals surface area contributed by atoms with Crippen LogP contribution in [0.1, 0.15) is 0 Å². The summed E-state index contributed by atoms with van der Waals surface area (Å²) in [5.74, 6) is 0. The normalized spacial score (nSPS) is 11.6. The van der Waals surface area contributed by atoms with Crippen LogP contribution >= 0.6 is 12.2 Å². The molecular formula is C9H18N4S. The Balaban J connectivity index is 2.80. The number of aromatic nitrogens is 2. The zero-order valence-electron chi connectivity index (χ0n) is 9.27. The molecule has 0 unspecified atom stereocenters. The van der Waals surface area contributed by atoms with E-state index in [-0.39, 0.29) is 0 Å². The molecule has 0 aromatic carbocycles. The molecule has 0 spiro atoms. The Morgan fingerprint density at radius 3 is 1.64 bits per heavy atom. The first-order valence-corrected chi connectivity index (χ1v) is 4.96. The van der Waals surface area contributed by atoms with Gasteiger partial charge in [0, 0.05) is 12.4 Å². The van der Waals surface area contributed by atoms with Gasteiger partial charge in [-0.25, -0.2) is 0 Å². The van der Waals surface area contributed by atoms with Crippen LogP contribution in [0.3, 0.4) is 0 Å². The van der Waals surface area contributed by atoms with Crippen molar-refractivity contribution in [1.82, 2.24) is 18.9 Å². The van der Waals surface area contributed by atoms with E-state index in [0.717, 1.165) is 18.1 Å². The molecule has 0 atom stereocenters. The highest BCUT2D eigenvalue weighted by molar-refractivity contribution is 7.71. The quantitative estimate of drug-likeness (QED) is 0.697. The van der Waals surface area contributed by atoms with Crippen molar-refractivity contribution in [2.45, 2.75) is 13.3 Å². The van der Waals surface area contributed by atoms with Gasteiger partial charge in [0.1, 0.15) is 0 Å². The van der Waals surface area contributed by atoms with Crippen molar-refractivity contribution in [3.8, 4) is 0 Å². The molecule has 1 aromatic rings. The van der Waals surface area contributed by atoms with E-state index in [2.05, 4.69) is 18.9 Å². The van der Waals surface area contributed by atoms with E-state index < -0.39 is 0 Å². The van der Waals surface area contributed by atoms with Crippen molar-refractivity contribution in [2.24, 2.45) is 0 Å². The molecule has 1 aromatic heterocycles. The third-order valence-corrected chi connectivity index (χ3v) is 2.26. The molecule has 0 aliphatic carbocycles. The third-order valence-electron chi connectivity index (χ3n) is 1.79. The van der Waals surface area contributed by atoms with Crippen molar-refractivity contribution in [3.63, 3.8) is 0 Å². The standard InChI is InChI=1S/C9H18N4S/c1-10(2)7-12-5-6-13(9(12)14)8-11(3)4/h5-6H,7-8H2,1-4H3. The van der Waals surface area contributed by atoms with Gasteiger partial charge in [-0.05, 0) is 40.4 Å². The number of nitrogens with zero attached hydrogens (tertiary/aromatic N) is 4. The summed E-state index contributed by atoms with van der Waals surface area (Å²) < 4.78 is 4.98. The number of hydrogen-bond acceptors (Lipinski definition) is 3. The van der Waals surface area contributed by atoms with E-state index in [1.165, 1.54) is 0 Å². The maximum absolute atomic E-state index is 5.33. The van der Waals surface area contributed by atoms with E-state index in [9.17, 15) is 0 Å². The lowest BCUT2D eigenvalue weighted by atomic mass is 10.8. The first-order valence-electron chi connectivity index (χ1n) is 4.55. The summed E-state index contributed by atoms with van der Waals surface area (Å²) in [6.07, 6.45) is 4.04. The molecule has 0 aliphatic heterocycles. The van der Waals surface area contributed by atoms with Crippen LogP contribution in [0.25, 0.3) is 0 Å². The van der Waals surface area contributed by atoms with Crippen molar-refractivity contribution in [1.29, 1.82) is 0 Å². The third kappa shape index (κ3) is 2.94. The molecule has 5 heteroatoms. The van der Waals surface area contributed by atoms with Gasteiger partial charge in [-0.3, -0.25) is 9.80 Å². The first kappa shape index (κ1) is 11.4. The van der Waals surface area contributed by atoms with Gasteiger partial charge in [0.25, 0.3) is 0 Å². The molecule has 1 heterocycles. The van der Waals surface area contributed by atoms with Gasteiger partial charge in [0.05, 0.1) is 13.3 Å². The second kappa shape index (κ2) is 4.72. The predicted molar refractivity (Wildman–Crippen MR) is 60.6 cm³/mol. The molecule has 0 fully saturated rings. The molecule has 0 N–H and O–H groups in total. The summed E-state index contributed by atoms with van der Waals surface area (Å²) in [5.41, 5.74) is 0. The molecule has 0 saturated heterocycles. The van der Waals surface area contributed by atoms with Gasteiger partial charge in [0.15, 0.2) is 4.77 Å². The zero-order chi connectivity index (χ0) is 10.7. The smallest absolute Gasteiger partial charge is 0.182 e. The Morgan fingerprint density at radius 1 is 1.00 bits per heavy atom. The lowest BCUT2D eigenvalue weighted by Crippen LogP contribution is -2.19. The molecule has 0 radical (unpaired) electrons. The van der Waals surface area contributed by atoms with Crippen molar-refractivity contribution >= 4 is 12.2 Å². The Kier molecular flexibility index (Phi) is 3.86. The van der Waals surface area contributed by atoms with Crippen molar-refractivity contribution in [3.05, 3.63) is 17.2 Å². The monoisotopic (exact) mass is 214 g/mol. The van der Waals surface area contributed by atoms with E-state index in [1.54, 1.807) is 0 Å². The molecule has 80 valence electrons. The summed E-state index contributed by atoms with van der Waals surface area (Å²) in [5, 5.41) is 0. The maximum Gasteiger partial charge on any atom is 0.182 e. The van der Waals surface area contributed by atoms with Gasteiger partial charge < -0.3 is 9.13 Å². The number of hydrogen-bond donors (Lipinski definition) is 0. The highest BCUT2D eigenvalue weighted by Crippen LogP contribution is 1.99. The molecule has 14 heavy (non-hydrogen) atoms. The second-order valence-electron chi connectivity index (χ2n) is 3.96. The first-order chi connectivity index (χ1) is 6.50. The Hall–Kier alpha value is -0.650. The minimum atomic E-state index is 0.833. The fourth-order valence-electron chi connectivity index (χ4n) is 1.28. The van der Waals surface area contributed by atoms with Crippen LogP contribution in [0.5, 0.6) is 0 Å². The van der Waals surface area contributed by atoms with Crippen LogP contribution in [-0.4, -0.2) is 47.1 Å². The van der Waals surface area contributed by atoms with Crippen molar-refractivity contribution < 1.29 is 0 Å². The number of imidazole rings is 1. The van der Waals surface area contributed by atoms with Gasteiger partial charge in [-0.1, -0.05) is 0 Å². The average molecular weight is 214 g/mol. The molecular weight excluding hydrogens is 196 g/mol. The Morgan fingerprint density at radius 2 is 1.36 bits per heavy atom. The molecule has 1 rings (SSSR count). The van der Waals surface area contributed by atoms with Crippen LogP contribution in [0, 0.1) is 4.77 Å². The molecule has 0 amide bonds.